The molecule has 10 nitrogen and oxygen atoms in total. The Morgan fingerprint density at radius 1 is 0.886 bits per heavy atom. The molecule has 0 atom stereocenters. The van der Waals surface area contributed by atoms with Gasteiger partial charge in [-0.2, -0.15) is 0 Å². The van der Waals surface area contributed by atoms with Crippen LogP contribution >= 0.6 is 0 Å². The lowest BCUT2D eigenvalue weighted by molar-refractivity contribution is -0.118. The number of nitrogen functional groups attached to an aromatic ring is 1. The number of nitrogens with two attached hydrogens (primary N) is 1. The number of aryl methyl sites for hydroxylation is 2. The molecule has 0 aliphatic rings. The molecule has 10 heteroatoms. The maximum Gasteiger partial charge on any atom is 0.330 e. The first-order chi connectivity index (χ1) is 16.8. The number of hydrogen-bond acceptors (Lipinski definition) is 5. The van der Waals surface area contributed by atoms with Gasteiger partial charge in [0.25, 0.3) is 5.56 Å². The standard InChI is InChI=1S/C25H36N6O4/c1-4-7-15-30(21-22(26)31(16-8-5-2)24(34)27-23(21)33)20(32)13-17-29-19-12-10-9-11-18(19)28(14-6-3)25(29)35/h9-12H,4-8,13-17,26H2,1-3H3,(H,27,33,34). The van der Waals surface area contributed by atoms with Crippen LogP contribution in [0.1, 0.15) is 59.3 Å². The second-order valence-electron chi connectivity index (χ2n) is 8.72. The third kappa shape index (κ3) is 5.41. The Morgan fingerprint density at radius 3 is 2.11 bits per heavy atom. The average molecular weight is 485 g/mol. The van der Waals surface area contributed by atoms with Crippen molar-refractivity contribution >= 4 is 28.4 Å². The van der Waals surface area contributed by atoms with Gasteiger partial charge in [0.2, 0.25) is 5.91 Å². The van der Waals surface area contributed by atoms with Crippen molar-refractivity contribution in [3.8, 4) is 0 Å². The van der Waals surface area contributed by atoms with Crippen molar-refractivity contribution < 1.29 is 4.79 Å². The number of anilines is 2. The maximum absolute atomic E-state index is 13.4. The lowest BCUT2D eigenvalue weighted by Crippen LogP contribution is -2.42. The van der Waals surface area contributed by atoms with Crippen LogP contribution in [0.3, 0.4) is 0 Å². The minimum atomic E-state index is -0.679. The summed E-state index contributed by atoms with van der Waals surface area (Å²) in [6.45, 7) is 7.40. The molecule has 1 amide bonds. The number of H-pyrrole nitrogens is 1. The second-order valence-corrected chi connectivity index (χ2v) is 8.72. The highest BCUT2D eigenvalue weighted by molar-refractivity contribution is 5.95. The summed E-state index contributed by atoms with van der Waals surface area (Å²) in [6, 6.07) is 7.52. The van der Waals surface area contributed by atoms with Gasteiger partial charge in [-0.15, -0.1) is 0 Å². The second kappa shape index (κ2) is 11.7. The van der Waals surface area contributed by atoms with Gasteiger partial charge in [-0.1, -0.05) is 45.7 Å². The largest absolute Gasteiger partial charge is 0.383 e. The van der Waals surface area contributed by atoms with Gasteiger partial charge in [0.15, 0.2) is 5.69 Å². The molecule has 0 bridgehead atoms. The number of unbranched alkanes of at least 4 members (excludes halogenated alkanes) is 2. The Morgan fingerprint density at radius 2 is 1.51 bits per heavy atom. The van der Waals surface area contributed by atoms with Crippen LogP contribution in [0.5, 0.6) is 0 Å². The van der Waals surface area contributed by atoms with Crippen molar-refractivity contribution in [1.29, 1.82) is 0 Å². The number of para-hydroxylation sites is 2. The van der Waals surface area contributed by atoms with E-state index in [0.717, 1.165) is 30.3 Å². The molecule has 0 unspecified atom stereocenters. The van der Waals surface area contributed by atoms with Crippen molar-refractivity contribution in [3.05, 3.63) is 55.6 Å². The fourth-order valence-corrected chi connectivity index (χ4v) is 4.32. The van der Waals surface area contributed by atoms with E-state index < -0.39 is 11.2 Å². The Hall–Kier alpha value is -3.56. The van der Waals surface area contributed by atoms with Crippen LogP contribution in [0.15, 0.2) is 38.6 Å². The highest BCUT2D eigenvalue weighted by atomic mass is 16.2. The number of nitrogens with one attached hydrogen (secondary N) is 1. The molecule has 0 spiro atoms. The molecule has 1 aromatic carbocycles. The highest BCUT2D eigenvalue weighted by Gasteiger charge is 2.24. The zero-order valence-electron chi connectivity index (χ0n) is 20.9. The number of aromatic amines is 1. The van der Waals surface area contributed by atoms with Gasteiger partial charge < -0.3 is 10.6 Å². The summed E-state index contributed by atoms with van der Waals surface area (Å²) in [5.41, 5.74) is 6.45. The van der Waals surface area contributed by atoms with E-state index in [2.05, 4.69) is 4.98 Å². The van der Waals surface area contributed by atoms with Crippen LogP contribution in [0.2, 0.25) is 0 Å². The van der Waals surface area contributed by atoms with Crippen molar-refractivity contribution in [2.75, 3.05) is 17.2 Å². The number of fused-ring (bicyclic) bond motifs is 1. The van der Waals surface area contributed by atoms with E-state index in [4.69, 9.17) is 5.73 Å². The molecule has 3 rings (SSSR count). The Labute approximate surface area is 204 Å². The average Bonchev–Trinajstić information content (AvgIpc) is 3.10. The van der Waals surface area contributed by atoms with E-state index >= 15 is 0 Å². The number of rotatable bonds is 12. The molecule has 3 N–H and O–H groups in total. The zero-order valence-corrected chi connectivity index (χ0v) is 20.9. The number of carbonyl (C=O) groups excluding carboxylic acids is 1. The van der Waals surface area contributed by atoms with Gasteiger partial charge in [-0.25, -0.2) is 9.59 Å². The van der Waals surface area contributed by atoms with Gasteiger partial charge in [0.05, 0.1) is 11.0 Å². The van der Waals surface area contributed by atoms with E-state index in [1.54, 1.807) is 9.13 Å². The topological polar surface area (TPSA) is 128 Å². The molecule has 0 fully saturated rings. The van der Waals surface area contributed by atoms with Gasteiger partial charge >= 0.3 is 11.4 Å². The summed E-state index contributed by atoms with van der Waals surface area (Å²) < 4.78 is 4.65. The Kier molecular flexibility index (Phi) is 8.73. The van der Waals surface area contributed by atoms with Crippen molar-refractivity contribution in [2.45, 2.75) is 78.9 Å². The van der Waals surface area contributed by atoms with E-state index in [9.17, 15) is 19.2 Å². The van der Waals surface area contributed by atoms with Gasteiger partial charge in [0.1, 0.15) is 5.82 Å². The van der Waals surface area contributed by atoms with Crippen LogP contribution in [-0.2, 0) is 24.4 Å². The number of carbonyl (C=O) groups is 1. The molecule has 35 heavy (non-hydrogen) atoms. The van der Waals surface area contributed by atoms with Crippen molar-refractivity contribution in [2.24, 2.45) is 0 Å². The fraction of sp³-hybridized carbons (Fsp3) is 0.520. The third-order valence-electron chi connectivity index (χ3n) is 6.18. The summed E-state index contributed by atoms with van der Waals surface area (Å²) >= 11 is 0. The Bertz CT molecular complexity index is 1350. The molecule has 0 saturated carbocycles. The van der Waals surface area contributed by atoms with Crippen LogP contribution < -0.4 is 27.6 Å². The maximum atomic E-state index is 13.4. The normalized spacial score (nSPS) is 11.3. The van der Waals surface area contributed by atoms with E-state index in [0.29, 0.717) is 32.5 Å². The molecule has 0 aliphatic heterocycles. The molecule has 2 heterocycles. The number of amides is 1. The lowest BCUT2D eigenvalue weighted by Gasteiger charge is -2.24. The molecular weight excluding hydrogens is 448 g/mol. The summed E-state index contributed by atoms with van der Waals surface area (Å²) in [4.78, 5) is 55.3. The third-order valence-corrected chi connectivity index (χ3v) is 6.18. The monoisotopic (exact) mass is 484 g/mol. The predicted molar refractivity (Wildman–Crippen MR) is 139 cm³/mol. The van der Waals surface area contributed by atoms with Crippen LogP contribution in [0.25, 0.3) is 11.0 Å². The number of hydrogen-bond donors (Lipinski definition) is 2. The minimum absolute atomic E-state index is 0.0000822. The van der Waals surface area contributed by atoms with Crippen LogP contribution in [0, 0.1) is 0 Å². The van der Waals surface area contributed by atoms with Crippen LogP contribution in [-0.4, -0.2) is 31.1 Å². The van der Waals surface area contributed by atoms with Crippen LogP contribution in [0.4, 0.5) is 11.5 Å². The number of aromatic nitrogens is 4. The zero-order chi connectivity index (χ0) is 25.5. The Balaban J connectivity index is 1.96. The summed E-state index contributed by atoms with van der Waals surface area (Å²) in [6.07, 6.45) is 3.85. The highest BCUT2D eigenvalue weighted by Crippen LogP contribution is 2.20. The molecular formula is C25H36N6O4. The molecule has 3 aromatic rings. The van der Waals surface area contributed by atoms with Crippen molar-refractivity contribution in [3.63, 3.8) is 0 Å². The smallest absolute Gasteiger partial charge is 0.330 e. The molecule has 0 aliphatic carbocycles. The van der Waals surface area contributed by atoms with Gasteiger partial charge in [-0.3, -0.25) is 28.3 Å². The van der Waals surface area contributed by atoms with E-state index in [1.165, 1.54) is 9.47 Å². The minimum Gasteiger partial charge on any atom is -0.383 e. The summed E-state index contributed by atoms with van der Waals surface area (Å²) in [5.74, 6) is -0.330. The van der Waals surface area contributed by atoms with E-state index in [1.807, 2.05) is 45.0 Å². The number of benzene rings is 1. The van der Waals surface area contributed by atoms with Gasteiger partial charge in [0, 0.05) is 32.6 Å². The molecule has 2 aromatic heterocycles. The summed E-state index contributed by atoms with van der Waals surface area (Å²) in [7, 11) is 0. The first-order valence-electron chi connectivity index (χ1n) is 12.5. The molecule has 0 saturated heterocycles. The lowest BCUT2D eigenvalue weighted by atomic mass is 10.2. The first kappa shape index (κ1) is 26.1. The van der Waals surface area contributed by atoms with Crippen molar-refractivity contribution in [1.82, 2.24) is 18.7 Å². The molecule has 0 radical (unpaired) electrons. The molecule has 190 valence electrons. The summed E-state index contributed by atoms with van der Waals surface area (Å²) in [5, 5.41) is 0. The number of nitrogens with zero attached hydrogens (tertiary/aromatic N) is 4. The number of imidazole rings is 1. The predicted octanol–water partition coefficient (Wildman–Crippen LogP) is 2.67. The fourth-order valence-electron chi connectivity index (χ4n) is 4.32. The van der Waals surface area contributed by atoms with E-state index in [-0.39, 0.29) is 36.1 Å². The first-order valence-corrected chi connectivity index (χ1v) is 12.5. The van der Waals surface area contributed by atoms with Gasteiger partial charge in [-0.05, 0) is 31.4 Å². The quantitative estimate of drug-likeness (QED) is 0.408. The SMILES string of the molecule is CCCCN(C(=O)CCn1c(=O)n(CCC)c2ccccc21)c1c(N)n(CCCC)c(=O)[nH]c1=O.